The summed E-state index contributed by atoms with van der Waals surface area (Å²) in [7, 11) is 0. The van der Waals surface area contributed by atoms with E-state index in [4.69, 9.17) is 4.74 Å². The smallest absolute Gasteiger partial charge is 0.269 e. The zero-order chi connectivity index (χ0) is 15.4. The molecule has 0 fully saturated rings. The number of nitro benzene ring substituents is 1. The zero-order valence-corrected chi connectivity index (χ0v) is 12.3. The van der Waals surface area contributed by atoms with Crippen LogP contribution in [0.1, 0.15) is 10.6 Å². The van der Waals surface area contributed by atoms with E-state index >= 15 is 0 Å². The molecule has 2 aromatic rings. The number of hydrogen-bond donors (Lipinski definition) is 1. The lowest BCUT2D eigenvalue weighted by atomic mass is 10.3. The number of thiazole rings is 1. The van der Waals surface area contributed by atoms with Crippen LogP contribution in [0, 0.1) is 24.0 Å². The van der Waals surface area contributed by atoms with Gasteiger partial charge in [0, 0.05) is 17.0 Å². The lowest BCUT2D eigenvalue weighted by molar-refractivity contribution is -0.384. The van der Waals surface area contributed by atoms with Gasteiger partial charge in [-0.25, -0.2) is 4.98 Å². The first-order valence-corrected chi connectivity index (χ1v) is 6.88. The van der Waals surface area contributed by atoms with E-state index in [9.17, 15) is 14.9 Å². The highest BCUT2D eigenvalue weighted by atomic mass is 32.1. The number of hydrogen-bond acceptors (Lipinski definition) is 6. The minimum absolute atomic E-state index is 0.0273. The van der Waals surface area contributed by atoms with Crippen LogP contribution < -0.4 is 10.1 Å². The zero-order valence-electron chi connectivity index (χ0n) is 11.5. The number of aromatic nitrogens is 1. The number of carbonyl (C=O) groups is 1. The minimum atomic E-state index is -0.496. The summed E-state index contributed by atoms with van der Waals surface area (Å²) < 4.78 is 5.25. The lowest BCUT2D eigenvalue weighted by Crippen LogP contribution is -2.20. The molecule has 0 aliphatic rings. The fourth-order valence-electron chi connectivity index (χ4n) is 1.49. The van der Waals surface area contributed by atoms with Crippen molar-refractivity contribution in [3.63, 3.8) is 0 Å². The Bertz CT molecular complexity index is 647. The maximum atomic E-state index is 11.7. The summed E-state index contributed by atoms with van der Waals surface area (Å²) >= 11 is 1.40. The van der Waals surface area contributed by atoms with E-state index < -0.39 is 4.92 Å². The van der Waals surface area contributed by atoms with Gasteiger partial charge >= 0.3 is 0 Å². The van der Waals surface area contributed by atoms with Crippen LogP contribution in [0.15, 0.2) is 24.3 Å². The van der Waals surface area contributed by atoms with Crippen LogP contribution in [0.25, 0.3) is 0 Å². The number of anilines is 1. The molecule has 0 saturated heterocycles. The Morgan fingerprint density at radius 1 is 1.38 bits per heavy atom. The molecular formula is C13H13N3O4S. The van der Waals surface area contributed by atoms with Gasteiger partial charge in [-0.2, -0.15) is 0 Å². The molecule has 0 radical (unpaired) electrons. The maximum Gasteiger partial charge on any atom is 0.269 e. The largest absolute Gasteiger partial charge is 0.484 e. The average Bonchev–Trinajstić information content (AvgIpc) is 2.75. The number of amides is 1. The van der Waals surface area contributed by atoms with Gasteiger partial charge in [0.1, 0.15) is 5.75 Å². The molecule has 0 unspecified atom stereocenters. The first kappa shape index (κ1) is 14.9. The molecule has 0 spiro atoms. The molecule has 2 rings (SSSR count). The summed E-state index contributed by atoms with van der Waals surface area (Å²) in [5.74, 6) is 0.0596. The van der Waals surface area contributed by atoms with Crippen LogP contribution in [0.3, 0.4) is 0 Å². The number of ether oxygens (including phenoxy) is 1. The van der Waals surface area contributed by atoms with Crippen LogP contribution >= 0.6 is 11.3 Å². The highest BCUT2D eigenvalue weighted by Crippen LogP contribution is 2.21. The molecule has 1 aromatic heterocycles. The third-order valence-electron chi connectivity index (χ3n) is 2.69. The standard InChI is InChI=1S/C13H13N3O4S/c1-8-9(2)21-13(14-8)15-12(17)7-20-11-5-3-10(4-6-11)16(18)19/h3-6H,7H2,1-2H3,(H,14,15,17). The van der Waals surface area contributed by atoms with Gasteiger partial charge < -0.3 is 4.74 Å². The summed E-state index contributed by atoms with van der Waals surface area (Å²) in [4.78, 5) is 26.9. The molecule has 21 heavy (non-hydrogen) atoms. The summed E-state index contributed by atoms with van der Waals surface area (Å²) in [5, 5.41) is 13.7. The minimum Gasteiger partial charge on any atom is -0.484 e. The molecule has 1 heterocycles. The predicted molar refractivity (Wildman–Crippen MR) is 78.8 cm³/mol. The van der Waals surface area contributed by atoms with Gasteiger partial charge in [0.2, 0.25) is 0 Å². The van der Waals surface area contributed by atoms with Crippen LogP contribution in [0.4, 0.5) is 10.8 Å². The first-order valence-electron chi connectivity index (χ1n) is 6.07. The van der Waals surface area contributed by atoms with Gasteiger partial charge in [-0.05, 0) is 26.0 Å². The van der Waals surface area contributed by atoms with Gasteiger partial charge in [0.25, 0.3) is 11.6 Å². The molecule has 1 N–H and O–H groups in total. The molecule has 1 aromatic carbocycles. The Hall–Kier alpha value is -2.48. The summed E-state index contributed by atoms with van der Waals surface area (Å²) in [6, 6.07) is 5.54. The molecular weight excluding hydrogens is 294 g/mol. The Morgan fingerprint density at radius 3 is 2.57 bits per heavy atom. The third-order valence-corrected chi connectivity index (χ3v) is 3.68. The number of benzene rings is 1. The molecule has 1 amide bonds. The second kappa shape index (κ2) is 6.31. The maximum absolute atomic E-state index is 11.7. The second-order valence-electron chi connectivity index (χ2n) is 4.25. The Morgan fingerprint density at radius 2 is 2.05 bits per heavy atom. The Balaban J connectivity index is 1.87. The topological polar surface area (TPSA) is 94.4 Å². The highest BCUT2D eigenvalue weighted by molar-refractivity contribution is 7.15. The van der Waals surface area contributed by atoms with Crippen molar-refractivity contribution in [1.29, 1.82) is 0 Å². The number of nitro groups is 1. The van der Waals surface area contributed by atoms with Crippen molar-refractivity contribution in [3.05, 3.63) is 45.0 Å². The van der Waals surface area contributed by atoms with Crippen molar-refractivity contribution < 1.29 is 14.5 Å². The van der Waals surface area contributed by atoms with E-state index in [0.717, 1.165) is 10.6 Å². The lowest BCUT2D eigenvalue weighted by Gasteiger charge is -2.05. The second-order valence-corrected chi connectivity index (χ2v) is 5.45. The van der Waals surface area contributed by atoms with Crippen LogP contribution in [-0.2, 0) is 4.79 Å². The van der Waals surface area contributed by atoms with E-state index in [1.165, 1.54) is 35.6 Å². The van der Waals surface area contributed by atoms with Gasteiger partial charge in [0.15, 0.2) is 11.7 Å². The predicted octanol–water partition coefficient (Wildman–Crippen LogP) is 2.69. The number of rotatable bonds is 5. The van der Waals surface area contributed by atoms with Crippen molar-refractivity contribution in [2.75, 3.05) is 11.9 Å². The average molecular weight is 307 g/mol. The SMILES string of the molecule is Cc1nc(NC(=O)COc2ccc([N+](=O)[O-])cc2)sc1C. The van der Waals surface area contributed by atoms with E-state index in [-0.39, 0.29) is 18.2 Å². The number of carbonyl (C=O) groups excluding carboxylic acids is 1. The normalized spacial score (nSPS) is 10.2. The number of non-ortho nitro benzene ring substituents is 1. The fraction of sp³-hybridized carbons (Fsp3) is 0.231. The van der Waals surface area contributed by atoms with Crippen LogP contribution in [0.5, 0.6) is 5.75 Å². The Kier molecular flexibility index (Phi) is 4.49. The molecule has 0 aliphatic heterocycles. The van der Waals surface area contributed by atoms with E-state index in [1.54, 1.807) is 0 Å². The number of nitrogens with zero attached hydrogens (tertiary/aromatic N) is 2. The molecule has 0 saturated carbocycles. The van der Waals surface area contributed by atoms with Gasteiger partial charge in [-0.1, -0.05) is 0 Å². The highest BCUT2D eigenvalue weighted by Gasteiger charge is 2.09. The van der Waals surface area contributed by atoms with Crippen molar-refractivity contribution in [3.8, 4) is 5.75 Å². The monoisotopic (exact) mass is 307 g/mol. The van der Waals surface area contributed by atoms with Crippen LogP contribution in [-0.4, -0.2) is 22.4 Å². The van der Waals surface area contributed by atoms with Crippen LogP contribution in [0.2, 0.25) is 0 Å². The van der Waals surface area contributed by atoms with Crippen molar-refractivity contribution in [1.82, 2.24) is 4.98 Å². The van der Waals surface area contributed by atoms with Crippen molar-refractivity contribution in [2.45, 2.75) is 13.8 Å². The molecule has 0 bridgehead atoms. The number of nitrogens with one attached hydrogen (secondary N) is 1. The van der Waals surface area contributed by atoms with Crippen molar-refractivity contribution in [2.24, 2.45) is 0 Å². The molecule has 110 valence electrons. The molecule has 0 atom stereocenters. The van der Waals surface area contributed by atoms with E-state index in [1.807, 2.05) is 13.8 Å². The summed E-state index contributed by atoms with van der Waals surface area (Å²) in [6.07, 6.45) is 0. The summed E-state index contributed by atoms with van der Waals surface area (Å²) in [6.45, 7) is 3.61. The van der Waals surface area contributed by atoms with Gasteiger partial charge in [-0.3, -0.25) is 20.2 Å². The van der Waals surface area contributed by atoms with E-state index in [0.29, 0.717) is 10.9 Å². The van der Waals surface area contributed by atoms with E-state index in [2.05, 4.69) is 10.3 Å². The molecule has 7 nitrogen and oxygen atoms in total. The Labute approximate surface area is 124 Å². The van der Waals surface area contributed by atoms with Crippen molar-refractivity contribution >= 4 is 28.1 Å². The molecule has 0 aliphatic carbocycles. The third kappa shape index (κ3) is 3.99. The first-order chi connectivity index (χ1) is 9.95. The fourth-order valence-corrected chi connectivity index (χ4v) is 2.33. The van der Waals surface area contributed by atoms with Gasteiger partial charge in [0.05, 0.1) is 10.6 Å². The summed E-state index contributed by atoms with van der Waals surface area (Å²) in [5.41, 5.74) is 0.854. The van der Waals surface area contributed by atoms with Gasteiger partial charge in [-0.15, -0.1) is 11.3 Å². The molecule has 8 heteroatoms. The number of aryl methyl sites for hydroxylation is 2. The quantitative estimate of drug-likeness (QED) is 0.677.